The summed E-state index contributed by atoms with van der Waals surface area (Å²) in [6.45, 7) is 5.43. The maximum atomic E-state index is 12.7. The van der Waals surface area contributed by atoms with Crippen molar-refractivity contribution in [1.29, 1.82) is 0 Å². The van der Waals surface area contributed by atoms with Crippen LogP contribution in [0.5, 0.6) is 0 Å². The van der Waals surface area contributed by atoms with Crippen molar-refractivity contribution in [3.8, 4) is 0 Å². The van der Waals surface area contributed by atoms with E-state index < -0.39 is 18.0 Å². The number of esters is 1. The van der Waals surface area contributed by atoms with E-state index in [9.17, 15) is 14.4 Å². The van der Waals surface area contributed by atoms with Crippen LogP contribution in [0.4, 0.5) is 5.69 Å². The summed E-state index contributed by atoms with van der Waals surface area (Å²) >= 11 is 0. The van der Waals surface area contributed by atoms with E-state index in [0.717, 1.165) is 5.56 Å². The van der Waals surface area contributed by atoms with Crippen molar-refractivity contribution in [3.05, 3.63) is 70.1 Å². The molecule has 7 heteroatoms. The molecule has 1 heterocycles. The molecule has 1 aromatic heterocycles. The Morgan fingerprint density at radius 3 is 2.43 bits per heavy atom. The van der Waals surface area contributed by atoms with Gasteiger partial charge in [-0.1, -0.05) is 36.4 Å². The second kappa shape index (κ2) is 8.04. The summed E-state index contributed by atoms with van der Waals surface area (Å²) in [6.07, 6.45) is -1.03. The van der Waals surface area contributed by atoms with Crippen LogP contribution in [0.2, 0.25) is 0 Å². The number of hydrogen-bond donors (Lipinski definition) is 1. The van der Waals surface area contributed by atoms with Crippen molar-refractivity contribution in [2.75, 3.05) is 5.32 Å². The Bertz CT molecular complexity index is 1100. The van der Waals surface area contributed by atoms with Crippen LogP contribution >= 0.6 is 0 Å². The van der Waals surface area contributed by atoms with E-state index in [4.69, 9.17) is 4.74 Å². The predicted octanol–water partition coefficient (Wildman–Crippen LogP) is 2.91. The van der Waals surface area contributed by atoms with Gasteiger partial charge in [0.15, 0.2) is 11.8 Å². The number of carbonyl (C=O) groups excluding carboxylic acids is 2. The van der Waals surface area contributed by atoms with Gasteiger partial charge in [-0.05, 0) is 38.5 Å². The largest absolute Gasteiger partial charge is 0.448 e. The smallest absolute Gasteiger partial charge is 0.360 e. The molecule has 3 aromatic rings. The van der Waals surface area contributed by atoms with E-state index in [-0.39, 0.29) is 11.3 Å². The third kappa shape index (κ3) is 3.78. The van der Waals surface area contributed by atoms with Gasteiger partial charge in [0.2, 0.25) is 0 Å². The summed E-state index contributed by atoms with van der Waals surface area (Å²) in [4.78, 5) is 37.5. The van der Waals surface area contributed by atoms with Crippen LogP contribution in [-0.4, -0.2) is 27.8 Å². The third-order valence-corrected chi connectivity index (χ3v) is 4.42. The predicted molar refractivity (Wildman–Crippen MR) is 106 cm³/mol. The number of amides is 1. The fourth-order valence-corrected chi connectivity index (χ4v) is 2.82. The van der Waals surface area contributed by atoms with Crippen molar-refractivity contribution >= 4 is 28.3 Å². The van der Waals surface area contributed by atoms with Crippen LogP contribution in [0.15, 0.2) is 53.3 Å². The van der Waals surface area contributed by atoms with Crippen LogP contribution in [0.25, 0.3) is 10.8 Å². The summed E-state index contributed by atoms with van der Waals surface area (Å²) < 4.78 is 6.53. The molecular formula is C21H21N3O4. The monoisotopic (exact) mass is 379 g/mol. The van der Waals surface area contributed by atoms with Gasteiger partial charge in [0, 0.05) is 17.6 Å². The molecule has 0 spiro atoms. The molecule has 144 valence electrons. The van der Waals surface area contributed by atoms with E-state index >= 15 is 0 Å². The molecule has 1 amide bonds. The number of para-hydroxylation sites is 1. The summed E-state index contributed by atoms with van der Waals surface area (Å²) in [5.74, 6) is -1.21. The molecule has 0 unspecified atom stereocenters. The number of ether oxygens (including phenoxy) is 1. The highest BCUT2D eigenvalue weighted by Gasteiger charge is 2.23. The number of aryl methyl sites for hydroxylation is 2. The SMILES string of the molecule is CCn1nc(C(=O)O[C@H](C)C(=O)Nc2ccccc2C)c2ccccc2c1=O. The van der Waals surface area contributed by atoms with E-state index in [1.165, 1.54) is 11.6 Å². The molecule has 2 aromatic carbocycles. The Balaban J connectivity index is 1.85. The minimum Gasteiger partial charge on any atom is -0.448 e. The topological polar surface area (TPSA) is 90.3 Å². The Kier molecular flexibility index (Phi) is 5.54. The molecule has 0 saturated heterocycles. The lowest BCUT2D eigenvalue weighted by Gasteiger charge is -2.15. The Morgan fingerprint density at radius 2 is 1.75 bits per heavy atom. The molecule has 3 rings (SSSR count). The Labute approximate surface area is 161 Å². The maximum absolute atomic E-state index is 12.7. The summed E-state index contributed by atoms with van der Waals surface area (Å²) in [5, 5.41) is 7.65. The lowest BCUT2D eigenvalue weighted by atomic mass is 10.1. The average Bonchev–Trinajstić information content (AvgIpc) is 2.70. The average molecular weight is 379 g/mol. The van der Waals surface area contributed by atoms with Crippen LogP contribution in [0.3, 0.4) is 0 Å². The van der Waals surface area contributed by atoms with E-state index in [2.05, 4.69) is 10.4 Å². The lowest BCUT2D eigenvalue weighted by Crippen LogP contribution is -2.32. The minimum atomic E-state index is -1.03. The number of nitrogens with zero attached hydrogens (tertiary/aromatic N) is 2. The summed E-state index contributed by atoms with van der Waals surface area (Å²) in [5.41, 5.74) is 1.28. The van der Waals surface area contributed by atoms with Crippen LogP contribution in [0.1, 0.15) is 29.9 Å². The van der Waals surface area contributed by atoms with Gasteiger partial charge in [0.05, 0.1) is 5.39 Å². The van der Waals surface area contributed by atoms with E-state index in [1.807, 2.05) is 25.1 Å². The van der Waals surface area contributed by atoms with Gasteiger partial charge < -0.3 is 10.1 Å². The zero-order chi connectivity index (χ0) is 20.3. The van der Waals surface area contributed by atoms with E-state index in [0.29, 0.717) is 23.0 Å². The normalized spacial score (nSPS) is 11.8. The van der Waals surface area contributed by atoms with Gasteiger partial charge in [-0.2, -0.15) is 5.10 Å². The Hall–Kier alpha value is -3.48. The third-order valence-electron chi connectivity index (χ3n) is 4.42. The number of nitrogens with one attached hydrogen (secondary N) is 1. The number of benzene rings is 2. The van der Waals surface area contributed by atoms with Crippen LogP contribution < -0.4 is 10.9 Å². The quantitative estimate of drug-likeness (QED) is 0.689. The second-order valence-electron chi connectivity index (χ2n) is 6.37. The molecule has 28 heavy (non-hydrogen) atoms. The highest BCUT2D eigenvalue weighted by Crippen LogP contribution is 2.17. The van der Waals surface area contributed by atoms with Crippen molar-refractivity contribution in [2.24, 2.45) is 0 Å². The highest BCUT2D eigenvalue weighted by atomic mass is 16.5. The molecule has 1 N–H and O–H groups in total. The van der Waals surface area contributed by atoms with Gasteiger partial charge >= 0.3 is 5.97 Å². The molecular weight excluding hydrogens is 358 g/mol. The molecule has 0 radical (unpaired) electrons. The molecule has 0 bridgehead atoms. The minimum absolute atomic E-state index is 0.00703. The maximum Gasteiger partial charge on any atom is 0.360 e. The zero-order valence-corrected chi connectivity index (χ0v) is 15.9. The first-order valence-electron chi connectivity index (χ1n) is 8.99. The fraction of sp³-hybridized carbons (Fsp3) is 0.238. The highest BCUT2D eigenvalue weighted by molar-refractivity contribution is 6.03. The fourth-order valence-electron chi connectivity index (χ4n) is 2.82. The summed E-state index contributed by atoms with van der Waals surface area (Å²) in [6, 6.07) is 14.0. The number of hydrogen-bond acceptors (Lipinski definition) is 5. The number of rotatable bonds is 5. The van der Waals surface area contributed by atoms with Crippen LogP contribution in [0, 0.1) is 6.92 Å². The van der Waals surface area contributed by atoms with Gasteiger partial charge in [0.25, 0.3) is 11.5 Å². The van der Waals surface area contributed by atoms with E-state index in [1.54, 1.807) is 37.3 Å². The lowest BCUT2D eigenvalue weighted by molar-refractivity contribution is -0.123. The molecule has 0 aliphatic rings. The van der Waals surface area contributed by atoms with Crippen molar-refractivity contribution < 1.29 is 14.3 Å². The number of carbonyl (C=O) groups is 2. The molecule has 1 atom stereocenters. The first-order valence-corrected chi connectivity index (χ1v) is 8.99. The number of fused-ring (bicyclic) bond motifs is 1. The number of aromatic nitrogens is 2. The van der Waals surface area contributed by atoms with Gasteiger partial charge in [-0.15, -0.1) is 0 Å². The zero-order valence-electron chi connectivity index (χ0n) is 15.9. The standard InChI is InChI=1S/C21H21N3O4/c1-4-24-20(26)16-11-7-6-10-15(16)18(23-24)21(27)28-14(3)19(25)22-17-12-8-5-9-13(17)2/h5-12,14H,4H2,1-3H3,(H,22,25)/t14-/m1/s1. The molecule has 0 aliphatic carbocycles. The molecule has 7 nitrogen and oxygen atoms in total. The first-order chi connectivity index (χ1) is 13.4. The first kappa shape index (κ1) is 19.3. The second-order valence-corrected chi connectivity index (χ2v) is 6.37. The van der Waals surface area contributed by atoms with Crippen molar-refractivity contribution in [3.63, 3.8) is 0 Å². The number of anilines is 1. The van der Waals surface area contributed by atoms with Crippen LogP contribution in [-0.2, 0) is 16.1 Å². The van der Waals surface area contributed by atoms with Gasteiger partial charge in [-0.3, -0.25) is 9.59 Å². The van der Waals surface area contributed by atoms with Gasteiger partial charge in [0.1, 0.15) is 0 Å². The van der Waals surface area contributed by atoms with Crippen molar-refractivity contribution in [2.45, 2.75) is 33.4 Å². The molecule has 0 fully saturated rings. The van der Waals surface area contributed by atoms with Gasteiger partial charge in [-0.25, -0.2) is 9.48 Å². The molecule has 0 aliphatic heterocycles. The summed E-state index contributed by atoms with van der Waals surface area (Å²) in [7, 11) is 0. The molecule has 0 saturated carbocycles. The van der Waals surface area contributed by atoms with Crippen molar-refractivity contribution in [1.82, 2.24) is 9.78 Å². The Morgan fingerprint density at radius 1 is 1.11 bits per heavy atom.